The number of aliphatic hydroxyl groups is 1. The van der Waals surface area contributed by atoms with Crippen LogP contribution in [0.4, 0.5) is 5.69 Å². The fraction of sp³-hybridized carbons (Fsp3) is 0.538. The largest absolute Gasteiger partial charge is 0.396 e. The molecule has 0 aliphatic carbocycles. The first-order valence-corrected chi connectivity index (χ1v) is 5.78. The molecule has 0 fully saturated rings. The minimum atomic E-state index is 0.0886. The van der Waals surface area contributed by atoms with E-state index in [1.807, 2.05) is 0 Å². The summed E-state index contributed by atoms with van der Waals surface area (Å²) in [4.78, 5) is 4.00. The van der Waals surface area contributed by atoms with Crippen LogP contribution in [0, 0.1) is 16.7 Å². The van der Waals surface area contributed by atoms with Gasteiger partial charge in [0.15, 0.2) is 0 Å². The van der Waals surface area contributed by atoms with Crippen LogP contribution in [0.3, 0.4) is 0 Å². The van der Waals surface area contributed by atoms with E-state index >= 15 is 0 Å². The van der Waals surface area contributed by atoms with Gasteiger partial charge >= 0.3 is 0 Å². The van der Waals surface area contributed by atoms with E-state index in [-0.39, 0.29) is 12.0 Å². The van der Waals surface area contributed by atoms with E-state index in [2.05, 4.69) is 30.2 Å². The molecule has 2 N–H and O–H groups in total. The van der Waals surface area contributed by atoms with Crippen molar-refractivity contribution < 1.29 is 5.11 Å². The molecule has 0 aromatic carbocycles. The van der Waals surface area contributed by atoms with Crippen molar-refractivity contribution in [3.63, 3.8) is 0 Å². The summed E-state index contributed by atoms with van der Waals surface area (Å²) < 4.78 is 0. The summed E-state index contributed by atoms with van der Waals surface area (Å²) >= 11 is 0. The number of pyridine rings is 1. The van der Waals surface area contributed by atoms with Gasteiger partial charge in [-0.05, 0) is 24.3 Å². The molecule has 92 valence electrons. The third-order valence-corrected chi connectivity index (χ3v) is 2.71. The van der Waals surface area contributed by atoms with Gasteiger partial charge < -0.3 is 10.4 Å². The number of hydrogen-bond donors (Lipinski definition) is 2. The highest BCUT2D eigenvalue weighted by atomic mass is 16.2. The van der Waals surface area contributed by atoms with Crippen LogP contribution in [-0.4, -0.2) is 23.2 Å². The number of aromatic nitrogens is 1. The van der Waals surface area contributed by atoms with Crippen LogP contribution in [0.2, 0.25) is 0 Å². The van der Waals surface area contributed by atoms with Crippen LogP contribution >= 0.6 is 0 Å². The third kappa shape index (κ3) is 4.41. The molecule has 0 atom stereocenters. The Bertz CT molecular complexity index is 396. The summed E-state index contributed by atoms with van der Waals surface area (Å²) in [6.45, 7) is 5.25. The molecule has 0 saturated heterocycles. The lowest BCUT2D eigenvalue weighted by atomic mass is 9.88. The highest BCUT2D eigenvalue weighted by Gasteiger charge is 2.17. The molecule has 0 aliphatic heterocycles. The zero-order valence-corrected chi connectivity index (χ0v) is 10.4. The Kier molecular flexibility index (Phi) is 4.92. The van der Waals surface area contributed by atoms with Gasteiger partial charge in [0.25, 0.3) is 0 Å². The van der Waals surface area contributed by atoms with Crippen molar-refractivity contribution in [1.82, 2.24) is 4.98 Å². The maximum absolute atomic E-state index is 8.94. The summed E-state index contributed by atoms with van der Waals surface area (Å²) in [7, 11) is 0. The summed E-state index contributed by atoms with van der Waals surface area (Å²) in [6.07, 6.45) is 5.02. The Balaban J connectivity index is 2.58. The summed E-state index contributed by atoms with van der Waals surface area (Å²) in [5.41, 5.74) is 1.47. The second-order valence-corrected chi connectivity index (χ2v) is 4.88. The number of nitriles is 1. The van der Waals surface area contributed by atoms with Crippen molar-refractivity contribution in [2.24, 2.45) is 5.41 Å². The molecule has 1 heterocycles. The normalized spacial score (nSPS) is 10.9. The number of rotatable bonds is 6. The van der Waals surface area contributed by atoms with Crippen molar-refractivity contribution >= 4 is 5.69 Å². The number of nitrogens with one attached hydrogen (secondary N) is 1. The molecular formula is C13H19N3O. The van der Waals surface area contributed by atoms with Gasteiger partial charge in [-0.2, -0.15) is 5.26 Å². The summed E-state index contributed by atoms with van der Waals surface area (Å²) in [6, 6.07) is 3.83. The van der Waals surface area contributed by atoms with E-state index in [1.54, 1.807) is 18.5 Å². The lowest BCUT2D eigenvalue weighted by Crippen LogP contribution is -2.23. The van der Waals surface area contributed by atoms with E-state index < -0.39 is 0 Å². The lowest BCUT2D eigenvalue weighted by molar-refractivity contribution is 0.248. The second kappa shape index (κ2) is 6.21. The zero-order chi connectivity index (χ0) is 12.7. The highest BCUT2D eigenvalue weighted by Crippen LogP contribution is 2.23. The van der Waals surface area contributed by atoms with Gasteiger partial charge in [0.2, 0.25) is 0 Å². The van der Waals surface area contributed by atoms with Gasteiger partial charge in [-0.25, -0.2) is 0 Å². The van der Waals surface area contributed by atoms with Crippen LogP contribution in [-0.2, 0) is 0 Å². The van der Waals surface area contributed by atoms with Crippen LogP contribution < -0.4 is 5.32 Å². The maximum atomic E-state index is 8.94. The van der Waals surface area contributed by atoms with Gasteiger partial charge in [-0.3, -0.25) is 4.98 Å². The summed E-state index contributed by atoms with van der Waals surface area (Å²) in [5, 5.41) is 21.0. The van der Waals surface area contributed by atoms with Crippen molar-refractivity contribution in [3.8, 4) is 6.07 Å². The van der Waals surface area contributed by atoms with Gasteiger partial charge in [0.05, 0.1) is 17.4 Å². The fourth-order valence-corrected chi connectivity index (χ4v) is 1.61. The van der Waals surface area contributed by atoms with E-state index in [0.717, 1.165) is 25.1 Å². The van der Waals surface area contributed by atoms with Gasteiger partial charge in [-0.15, -0.1) is 0 Å². The highest BCUT2D eigenvalue weighted by molar-refractivity contribution is 5.55. The Morgan fingerprint density at radius 1 is 1.53 bits per heavy atom. The number of hydrogen-bond acceptors (Lipinski definition) is 4. The Hall–Kier alpha value is -1.60. The molecule has 0 unspecified atom stereocenters. The first-order chi connectivity index (χ1) is 8.09. The van der Waals surface area contributed by atoms with Crippen LogP contribution in [0.25, 0.3) is 0 Å². The molecule has 0 amide bonds. The lowest BCUT2D eigenvalue weighted by Gasteiger charge is -2.25. The molecule has 17 heavy (non-hydrogen) atoms. The van der Waals surface area contributed by atoms with Gasteiger partial charge in [0, 0.05) is 19.3 Å². The topological polar surface area (TPSA) is 68.9 Å². The minimum absolute atomic E-state index is 0.0886. The van der Waals surface area contributed by atoms with Crippen LogP contribution in [0.1, 0.15) is 32.3 Å². The van der Waals surface area contributed by atoms with E-state index in [0.29, 0.717) is 5.56 Å². The number of nitrogens with zero attached hydrogens (tertiary/aromatic N) is 2. The molecule has 0 bridgehead atoms. The molecular weight excluding hydrogens is 214 g/mol. The average molecular weight is 233 g/mol. The van der Waals surface area contributed by atoms with Crippen LogP contribution in [0.15, 0.2) is 18.5 Å². The zero-order valence-electron chi connectivity index (χ0n) is 10.4. The predicted molar refractivity (Wildman–Crippen MR) is 67.5 cm³/mol. The summed E-state index contributed by atoms with van der Waals surface area (Å²) in [5.74, 6) is 0. The molecule has 0 radical (unpaired) electrons. The SMILES string of the molecule is CC(C)(CCCO)CNc1cnccc1C#N. The molecule has 1 aromatic rings. The molecule has 1 rings (SSSR count). The first kappa shape index (κ1) is 13.5. The quantitative estimate of drug-likeness (QED) is 0.790. The smallest absolute Gasteiger partial charge is 0.101 e. The van der Waals surface area contributed by atoms with Crippen molar-refractivity contribution in [2.45, 2.75) is 26.7 Å². The van der Waals surface area contributed by atoms with E-state index in [1.165, 1.54) is 0 Å². The molecule has 0 spiro atoms. The first-order valence-electron chi connectivity index (χ1n) is 5.78. The van der Waals surface area contributed by atoms with Crippen molar-refractivity contribution in [3.05, 3.63) is 24.0 Å². The molecule has 0 saturated carbocycles. The molecule has 4 nitrogen and oxygen atoms in total. The van der Waals surface area contributed by atoms with Gasteiger partial charge in [-0.1, -0.05) is 13.8 Å². The second-order valence-electron chi connectivity index (χ2n) is 4.88. The standard InChI is InChI=1S/C13H19N3O/c1-13(2,5-3-7-17)10-16-12-9-15-6-4-11(12)8-14/h4,6,9,16-17H,3,5,7,10H2,1-2H3. The van der Waals surface area contributed by atoms with Crippen molar-refractivity contribution in [2.75, 3.05) is 18.5 Å². The monoisotopic (exact) mass is 233 g/mol. The van der Waals surface area contributed by atoms with Crippen LogP contribution in [0.5, 0.6) is 0 Å². The third-order valence-electron chi connectivity index (χ3n) is 2.71. The fourth-order valence-electron chi connectivity index (χ4n) is 1.61. The average Bonchev–Trinajstić information content (AvgIpc) is 2.34. The Labute approximate surface area is 102 Å². The maximum Gasteiger partial charge on any atom is 0.101 e. The number of aliphatic hydroxyl groups excluding tert-OH is 1. The Morgan fingerprint density at radius 2 is 2.29 bits per heavy atom. The van der Waals surface area contributed by atoms with E-state index in [9.17, 15) is 0 Å². The van der Waals surface area contributed by atoms with Crippen molar-refractivity contribution in [1.29, 1.82) is 5.26 Å². The molecule has 0 aliphatic rings. The van der Waals surface area contributed by atoms with Gasteiger partial charge in [0.1, 0.15) is 6.07 Å². The molecule has 4 heteroatoms. The predicted octanol–water partition coefficient (Wildman–Crippen LogP) is 2.16. The minimum Gasteiger partial charge on any atom is -0.396 e. The van der Waals surface area contributed by atoms with E-state index in [4.69, 9.17) is 10.4 Å². The Morgan fingerprint density at radius 3 is 2.94 bits per heavy atom. The molecule has 1 aromatic heterocycles. The number of anilines is 1.